The Bertz CT molecular complexity index is 4310. The largest absolute Gasteiger partial charge is 0.310 e. The molecular weight excluding hydrogens is 887 g/mol. The Morgan fingerprint density at radius 3 is 1.44 bits per heavy atom. The molecule has 0 fully saturated rings. The molecule has 340 valence electrons. The Morgan fingerprint density at radius 1 is 0.319 bits per heavy atom. The highest BCUT2D eigenvalue weighted by Crippen LogP contribution is 2.56. The molecule has 13 aromatic rings. The van der Waals surface area contributed by atoms with Gasteiger partial charge in [-0.3, -0.25) is 0 Å². The standard InChI is InChI=1S/C70H49NS/c1-69(2)60-28-16-14-24-50(60)52-33-31-44(39-62(52)69)71(45-32-34-53-51-25-15-17-29-61(51)70(3,4)63(53)40-45)64-36-35-55-48-22-9-8-20-46(48)47-21-10-12-26-54(47)67(55)66(64)43-30-37-65-58(38-43)59-41-57(42-18-6-5-7-19-42)49-23-11-13-27-56(49)68(59)72-65/h5-41H,1-4H3. The van der Waals surface area contributed by atoms with Gasteiger partial charge in [-0.15, -0.1) is 11.3 Å². The molecule has 72 heavy (non-hydrogen) atoms. The molecule has 1 aromatic heterocycles. The van der Waals surface area contributed by atoms with Crippen molar-refractivity contribution in [2.75, 3.05) is 4.90 Å². The topological polar surface area (TPSA) is 3.24 Å². The summed E-state index contributed by atoms with van der Waals surface area (Å²) >= 11 is 1.91. The molecule has 0 saturated heterocycles. The second kappa shape index (κ2) is 15.1. The van der Waals surface area contributed by atoms with Crippen LogP contribution in [0, 0.1) is 0 Å². The molecule has 0 N–H and O–H groups in total. The van der Waals surface area contributed by atoms with E-state index in [1.54, 1.807) is 0 Å². The third-order valence-electron chi connectivity index (χ3n) is 16.6. The zero-order chi connectivity index (χ0) is 48.0. The molecule has 2 aliphatic carbocycles. The second-order valence-electron chi connectivity index (χ2n) is 21.1. The van der Waals surface area contributed by atoms with Crippen LogP contribution >= 0.6 is 11.3 Å². The average molecular weight is 936 g/mol. The van der Waals surface area contributed by atoms with Crippen molar-refractivity contribution in [1.82, 2.24) is 0 Å². The summed E-state index contributed by atoms with van der Waals surface area (Å²) in [5.74, 6) is 0. The highest BCUT2D eigenvalue weighted by molar-refractivity contribution is 7.26. The molecule has 2 aliphatic rings. The summed E-state index contributed by atoms with van der Waals surface area (Å²) in [5.41, 5.74) is 18.8. The molecule has 0 atom stereocenters. The Morgan fingerprint density at radius 2 is 0.819 bits per heavy atom. The van der Waals surface area contributed by atoms with Crippen molar-refractivity contribution in [2.45, 2.75) is 38.5 Å². The van der Waals surface area contributed by atoms with Crippen molar-refractivity contribution in [2.24, 2.45) is 0 Å². The van der Waals surface area contributed by atoms with E-state index in [0.29, 0.717) is 0 Å². The summed E-state index contributed by atoms with van der Waals surface area (Å²) in [5, 5.41) is 12.7. The average Bonchev–Trinajstić information content (AvgIpc) is 4.00. The molecule has 0 spiro atoms. The van der Waals surface area contributed by atoms with Gasteiger partial charge in [-0.1, -0.05) is 204 Å². The lowest BCUT2D eigenvalue weighted by Gasteiger charge is -2.32. The van der Waals surface area contributed by atoms with Gasteiger partial charge in [0.25, 0.3) is 0 Å². The second-order valence-corrected chi connectivity index (χ2v) is 22.2. The van der Waals surface area contributed by atoms with E-state index >= 15 is 0 Å². The van der Waals surface area contributed by atoms with Crippen LogP contribution in [0.15, 0.2) is 224 Å². The first kappa shape index (κ1) is 41.5. The minimum absolute atomic E-state index is 0.176. The van der Waals surface area contributed by atoms with E-state index in [1.807, 2.05) is 11.3 Å². The van der Waals surface area contributed by atoms with Gasteiger partial charge in [-0.2, -0.15) is 0 Å². The highest BCUT2D eigenvalue weighted by Gasteiger charge is 2.38. The molecule has 0 bridgehead atoms. The van der Waals surface area contributed by atoms with E-state index in [1.165, 1.54) is 130 Å². The van der Waals surface area contributed by atoms with E-state index in [9.17, 15) is 0 Å². The monoisotopic (exact) mass is 935 g/mol. The first-order chi connectivity index (χ1) is 35.2. The van der Waals surface area contributed by atoms with Crippen LogP contribution in [-0.4, -0.2) is 0 Å². The van der Waals surface area contributed by atoms with Gasteiger partial charge in [-0.05, 0) is 142 Å². The van der Waals surface area contributed by atoms with E-state index in [4.69, 9.17) is 0 Å². The maximum Gasteiger partial charge on any atom is 0.0546 e. The molecule has 15 rings (SSSR count). The predicted molar refractivity (Wildman–Crippen MR) is 310 cm³/mol. The molecular formula is C70H49NS. The fraction of sp³-hybridized carbons (Fsp3) is 0.0857. The molecule has 1 nitrogen and oxygen atoms in total. The summed E-state index contributed by atoms with van der Waals surface area (Å²) in [6.45, 7) is 9.58. The van der Waals surface area contributed by atoms with E-state index < -0.39 is 0 Å². The fourth-order valence-electron chi connectivity index (χ4n) is 13.2. The Labute approximate surface area is 423 Å². The summed E-state index contributed by atoms with van der Waals surface area (Å²) in [6, 6.07) is 85.1. The zero-order valence-electron chi connectivity index (χ0n) is 40.7. The molecule has 0 unspecified atom stereocenters. The normalized spacial score (nSPS) is 14.1. The molecule has 0 saturated carbocycles. The third-order valence-corrected chi connectivity index (χ3v) is 17.8. The van der Waals surface area contributed by atoms with E-state index in [2.05, 4.69) is 257 Å². The number of benzene rings is 12. The number of fused-ring (bicyclic) bond motifs is 17. The minimum Gasteiger partial charge on any atom is -0.310 e. The lowest BCUT2D eigenvalue weighted by Crippen LogP contribution is -2.18. The maximum atomic E-state index is 2.59. The van der Waals surface area contributed by atoms with Gasteiger partial charge in [0, 0.05) is 58.7 Å². The molecule has 1 heterocycles. The van der Waals surface area contributed by atoms with Gasteiger partial charge >= 0.3 is 0 Å². The lowest BCUT2D eigenvalue weighted by molar-refractivity contribution is 0.660. The molecule has 0 radical (unpaired) electrons. The van der Waals surface area contributed by atoms with Crippen LogP contribution in [-0.2, 0) is 10.8 Å². The van der Waals surface area contributed by atoms with Crippen LogP contribution in [0.5, 0.6) is 0 Å². The number of hydrogen-bond donors (Lipinski definition) is 0. The molecule has 0 aliphatic heterocycles. The predicted octanol–water partition coefficient (Wildman–Crippen LogP) is 20.1. The highest BCUT2D eigenvalue weighted by atomic mass is 32.1. The number of thiophene rings is 1. The smallest absolute Gasteiger partial charge is 0.0546 e. The summed E-state index contributed by atoms with van der Waals surface area (Å²) in [7, 11) is 0. The number of anilines is 3. The van der Waals surface area contributed by atoms with Gasteiger partial charge in [0.2, 0.25) is 0 Å². The number of hydrogen-bond acceptors (Lipinski definition) is 2. The first-order valence-corrected chi connectivity index (χ1v) is 26.1. The molecule has 0 amide bonds. The quantitative estimate of drug-likeness (QED) is 0.155. The fourth-order valence-corrected chi connectivity index (χ4v) is 14.4. The Hall–Kier alpha value is -8.30. The van der Waals surface area contributed by atoms with Crippen LogP contribution in [0.3, 0.4) is 0 Å². The van der Waals surface area contributed by atoms with Crippen LogP contribution in [0.1, 0.15) is 49.9 Å². The van der Waals surface area contributed by atoms with E-state index in [0.717, 1.165) is 17.1 Å². The lowest BCUT2D eigenvalue weighted by atomic mass is 9.82. The Kier molecular flexibility index (Phi) is 8.70. The first-order valence-electron chi connectivity index (χ1n) is 25.3. The summed E-state index contributed by atoms with van der Waals surface area (Å²) in [4.78, 5) is 2.59. The van der Waals surface area contributed by atoms with Crippen LogP contribution in [0.4, 0.5) is 17.1 Å². The van der Waals surface area contributed by atoms with Gasteiger partial charge in [0.1, 0.15) is 0 Å². The van der Waals surface area contributed by atoms with Crippen molar-refractivity contribution in [3.8, 4) is 44.5 Å². The van der Waals surface area contributed by atoms with Crippen molar-refractivity contribution in [3.05, 3.63) is 247 Å². The van der Waals surface area contributed by atoms with Crippen molar-refractivity contribution < 1.29 is 0 Å². The van der Waals surface area contributed by atoms with Gasteiger partial charge < -0.3 is 4.90 Å². The maximum absolute atomic E-state index is 2.59. The number of rotatable bonds is 5. The number of nitrogens with zero attached hydrogens (tertiary/aromatic N) is 1. The van der Waals surface area contributed by atoms with Crippen LogP contribution in [0.25, 0.3) is 108 Å². The SMILES string of the molecule is CC1(C)c2ccccc2-c2ccc(N(c3ccc4c(c3)C(C)(C)c3ccccc3-4)c3ccc4c5ccccc5c5ccccc5c4c3-c3ccc4sc5c6ccccc6c(-c6ccccc6)cc5c4c3)cc21. The summed E-state index contributed by atoms with van der Waals surface area (Å²) in [6.07, 6.45) is 0. The van der Waals surface area contributed by atoms with Gasteiger partial charge in [-0.25, -0.2) is 0 Å². The summed E-state index contributed by atoms with van der Waals surface area (Å²) < 4.78 is 2.62. The van der Waals surface area contributed by atoms with Crippen molar-refractivity contribution in [3.63, 3.8) is 0 Å². The van der Waals surface area contributed by atoms with Crippen molar-refractivity contribution in [1.29, 1.82) is 0 Å². The molecule has 12 aromatic carbocycles. The zero-order valence-corrected chi connectivity index (χ0v) is 41.5. The van der Waals surface area contributed by atoms with E-state index in [-0.39, 0.29) is 10.8 Å². The molecule has 2 heteroatoms. The van der Waals surface area contributed by atoms with Crippen molar-refractivity contribution >= 4 is 91.7 Å². The van der Waals surface area contributed by atoms with Gasteiger partial charge in [0.05, 0.1) is 5.69 Å². The Balaban J connectivity index is 1.07. The van der Waals surface area contributed by atoms with Crippen LogP contribution in [0.2, 0.25) is 0 Å². The minimum atomic E-state index is -0.176. The van der Waals surface area contributed by atoms with Crippen LogP contribution < -0.4 is 4.90 Å². The third kappa shape index (κ3) is 5.76. The van der Waals surface area contributed by atoms with Gasteiger partial charge in [0.15, 0.2) is 0 Å².